The van der Waals surface area contributed by atoms with Crippen LogP contribution in [0.15, 0.2) is 45.9 Å². The molecule has 2 rings (SSSR count). The summed E-state index contributed by atoms with van der Waals surface area (Å²) < 4.78 is 5.17. The second-order valence-electron chi connectivity index (χ2n) is 3.82. The van der Waals surface area contributed by atoms with Gasteiger partial charge in [0.2, 0.25) is 0 Å². The molecule has 6 heteroatoms. The van der Waals surface area contributed by atoms with Crippen molar-refractivity contribution in [3.05, 3.63) is 46.4 Å². The molecular formula is C14H16N4OS. The van der Waals surface area contributed by atoms with E-state index in [0.29, 0.717) is 0 Å². The number of nitrogens with zero attached hydrogens (tertiary/aromatic N) is 3. The van der Waals surface area contributed by atoms with Crippen molar-refractivity contribution in [3.8, 4) is 5.75 Å². The molecule has 1 N–H and O–H groups in total. The number of aliphatic imine (C=N–C) groups is 1. The summed E-state index contributed by atoms with van der Waals surface area (Å²) in [5, 5.41) is 7.11. The predicted molar refractivity (Wildman–Crippen MR) is 83.2 cm³/mol. The monoisotopic (exact) mass is 288 g/mol. The maximum atomic E-state index is 5.17. The predicted octanol–water partition coefficient (Wildman–Crippen LogP) is 2.19. The molecule has 20 heavy (non-hydrogen) atoms. The molecule has 0 atom stereocenters. The van der Waals surface area contributed by atoms with Crippen LogP contribution in [0, 0.1) is 0 Å². The van der Waals surface area contributed by atoms with E-state index in [4.69, 9.17) is 4.74 Å². The van der Waals surface area contributed by atoms with Crippen LogP contribution in [0.4, 0.5) is 0 Å². The molecular weight excluding hydrogens is 272 g/mol. The quantitative estimate of drug-likeness (QED) is 0.678. The first-order chi connectivity index (χ1) is 9.80. The number of aromatic nitrogens is 1. The first kappa shape index (κ1) is 14.2. The van der Waals surface area contributed by atoms with E-state index in [1.807, 2.05) is 29.6 Å². The van der Waals surface area contributed by atoms with Crippen molar-refractivity contribution >= 4 is 22.8 Å². The smallest absolute Gasteiger partial charge is 0.143 e. The second kappa shape index (κ2) is 6.81. The average Bonchev–Trinajstić information content (AvgIpc) is 3.01. The van der Waals surface area contributed by atoms with Crippen molar-refractivity contribution in [3.63, 3.8) is 0 Å². The third-order valence-electron chi connectivity index (χ3n) is 2.67. The molecule has 0 radical (unpaired) electrons. The number of ether oxygens (including phenoxy) is 1. The fourth-order valence-corrected chi connectivity index (χ4v) is 2.43. The molecule has 0 unspecified atom stereocenters. The van der Waals surface area contributed by atoms with Crippen LogP contribution >= 0.6 is 11.3 Å². The Kier molecular flexibility index (Phi) is 4.84. The molecule has 2 aromatic rings. The van der Waals surface area contributed by atoms with Gasteiger partial charge in [-0.2, -0.15) is 5.10 Å². The molecule has 0 aliphatic rings. The summed E-state index contributed by atoms with van der Waals surface area (Å²) in [6.45, 7) is 0. The van der Waals surface area contributed by atoms with Gasteiger partial charge in [-0.05, 0) is 24.3 Å². The summed E-state index contributed by atoms with van der Waals surface area (Å²) in [7, 11) is 5.15. The van der Waals surface area contributed by atoms with Gasteiger partial charge >= 0.3 is 0 Å². The van der Waals surface area contributed by atoms with Gasteiger partial charge in [-0.15, -0.1) is 11.3 Å². The molecule has 5 nitrogen and oxygen atoms in total. The van der Waals surface area contributed by atoms with Crippen LogP contribution < -0.4 is 10.2 Å². The van der Waals surface area contributed by atoms with E-state index in [1.165, 1.54) is 11.3 Å². The molecule has 104 valence electrons. The number of nitrogens with one attached hydrogen (secondary N) is 1. The summed E-state index contributed by atoms with van der Waals surface area (Å²) in [5.41, 5.74) is 5.30. The molecule has 0 bridgehead atoms. The molecule has 1 aromatic carbocycles. The summed E-state index contributed by atoms with van der Waals surface area (Å²) in [6, 6.07) is 7.70. The van der Waals surface area contributed by atoms with E-state index >= 15 is 0 Å². The summed E-state index contributed by atoms with van der Waals surface area (Å²) in [5.74, 6) is 0.807. The van der Waals surface area contributed by atoms with Crippen LogP contribution in [0.1, 0.15) is 10.6 Å². The van der Waals surface area contributed by atoms with Gasteiger partial charge in [0, 0.05) is 31.2 Å². The maximum absolute atomic E-state index is 5.17. The fourth-order valence-electron chi connectivity index (χ4n) is 1.76. The normalized spacial score (nSPS) is 12.3. The van der Waals surface area contributed by atoms with Gasteiger partial charge in [-0.3, -0.25) is 4.99 Å². The van der Waals surface area contributed by atoms with Crippen molar-refractivity contribution in [1.82, 2.24) is 10.4 Å². The Morgan fingerprint density at radius 3 is 2.50 bits per heavy atom. The van der Waals surface area contributed by atoms with Crippen molar-refractivity contribution in [2.75, 3.05) is 21.2 Å². The van der Waals surface area contributed by atoms with Crippen LogP contribution in [-0.4, -0.2) is 37.6 Å². The molecule has 0 spiro atoms. The summed E-state index contributed by atoms with van der Waals surface area (Å²) in [4.78, 5) is 8.64. The highest BCUT2D eigenvalue weighted by Gasteiger charge is 2.16. The van der Waals surface area contributed by atoms with E-state index in [2.05, 4.69) is 20.5 Å². The second-order valence-corrected chi connectivity index (χ2v) is 4.72. The van der Waals surface area contributed by atoms with Gasteiger partial charge in [-0.25, -0.2) is 4.98 Å². The lowest BCUT2D eigenvalue weighted by Crippen LogP contribution is -2.20. The highest BCUT2D eigenvalue weighted by molar-refractivity contribution is 7.12. The zero-order valence-electron chi connectivity index (χ0n) is 11.6. The van der Waals surface area contributed by atoms with E-state index in [0.717, 1.165) is 27.7 Å². The lowest BCUT2D eigenvalue weighted by Gasteiger charge is -2.08. The number of hydrogen-bond acceptors (Lipinski definition) is 6. The van der Waals surface area contributed by atoms with Gasteiger partial charge < -0.3 is 10.2 Å². The molecule has 0 amide bonds. The Balaban J connectivity index is 2.43. The van der Waals surface area contributed by atoms with Crippen LogP contribution in [0.2, 0.25) is 0 Å². The minimum absolute atomic E-state index is 0.757. The largest absolute Gasteiger partial charge is 0.497 e. The topological polar surface area (TPSA) is 58.9 Å². The zero-order chi connectivity index (χ0) is 14.4. The van der Waals surface area contributed by atoms with Crippen molar-refractivity contribution in [2.24, 2.45) is 10.1 Å². The van der Waals surface area contributed by atoms with Gasteiger partial charge in [0.1, 0.15) is 22.2 Å². The highest BCUT2D eigenvalue weighted by atomic mass is 32.1. The van der Waals surface area contributed by atoms with Crippen molar-refractivity contribution in [2.45, 2.75) is 0 Å². The minimum atomic E-state index is 0.757. The Hall–Kier alpha value is -2.21. The molecule has 1 heterocycles. The Morgan fingerprint density at radius 1 is 1.25 bits per heavy atom. The van der Waals surface area contributed by atoms with Crippen molar-refractivity contribution < 1.29 is 4.74 Å². The van der Waals surface area contributed by atoms with Crippen molar-refractivity contribution in [1.29, 1.82) is 0 Å². The number of benzene rings is 1. The maximum Gasteiger partial charge on any atom is 0.143 e. The van der Waals surface area contributed by atoms with Crippen LogP contribution in [0.25, 0.3) is 0 Å². The first-order valence-electron chi connectivity index (χ1n) is 6.06. The van der Waals surface area contributed by atoms with Crippen LogP contribution in [0.3, 0.4) is 0 Å². The summed E-state index contributed by atoms with van der Waals surface area (Å²) in [6.07, 6.45) is 1.76. The number of hydrazone groups is 1. The molecule has 0 fully saturated rings. The molecule has 0 aliphatic heterocycles. The molecule has 0 saturated heterocycles. The molecule has 1 aromatic heterocycles. The van der Waals surface area contributed by atoms with E-state index < -0.39 is 0 Å². The van der Waals surface area contributed by atoms with E-state index in [1.54, 1.807) is 27.4 Å². The fraction of sp³-hybridized carbons (Fsp3) is 0.214. The average molecular weight is 288 g/mol. The summed E-state index contributed by atoms with van der Waals surface area (Å²) >= 11 is 1.54. The highest BCUT2D eigenvalue weighted by Crippen LogP contribution is 2.16. The third-order valence-corrected chi connectivity index (χ3v) is 3.45. The SMILES string of the molecule is CN=C(/C(=N\NC)c1ccc(OC)cc1)c1nccs1. The van der Waals surface area contributed by atoms with E-state index in [9.17, 15) is 0 Å². The number of thiazole rings is 1. The minimum Gasteiger partial charge on any atom is -0.497 e. The van der Waals surface area contributed by atoms with Gasteiger partial charge in [-0.1, -0.05) is 0 Å². The lowest BCUT2D eigenvalue weighted by molar-refractivity contribution is 0.415. The lowest BCUT2D eigenvalue weighted by atomic mass is 10.1. The first-order valence-corrected chi connectivity index (χ1v) is 6.94. The molecule has 0 aliphatic carbocycles. The standard InChI is InChI=1S/C14H16N4OS/c1-15-13(14-17-8-9-20-14)12(18-16-2)10-4-6-11(19-3)7-5-10/h4-9,16H,1-3H3/b15-13?,18-12-. The number of rotatable bonds is 5. The van der Waals surface area contributed by atoms with Gasteiger partial charge in [0.05, 0.1) is 7.11 Å². The van der Waals surface area contributed by atoms with E-state index in [-0.39, 0.29) is 0 Å². The Bertz CT molecular complexity index is 603. The number of hydrogen-bond donors (Lipinski definition) is 1. The van der Waals surface area contributed by atoms with Gasteiger partial charge in [0.15, 0.2) is 0 Å². The van der Waals surface area contributed by atoms with Gasteiger partial charge in [0.25, 0.3) is 0 Å². The van der Waals surface area contributed by atoms with Crippen LogP contribution in [-0.2, 0) is 0 Å². The zero-order valence-corrected chi connectivity index (χ0v) is 12.4. The Morgan fingerprint density at radius 2 is 2.00 bits per heavy atom. The number of methoxy groups -OCH3 is 1. The third kappa shape index (κ3) is 3.03. The Labute approximate surface area is 122 Å². The molecule has 0 saturated carbocycles. The van der Waals surface area contributed by atoms with Crippen LogP contribution in [0.5, 0.6) is 5.75 Å².